The van der Waals surface area contributed by atoms with Crippen molar-refractivity contribution in [3.63, 3.8) is 0 Å². The van der Waals surface area contributed by atoms with Crippen LogP contribution in [0.3, 0.4) is 0 Å². The highest BCUT2D eigenvalue weighted by Gasteiger charge is 2.20. The third-order valence-corrected chi connectivity index (χ3v) is 4.38. The molecule has 2 aromatic carbocycles. The Kier molecular flexibility index (Phi) is 6.57. The van der Waals surface area contributed by atoms with E-state index >= 15 is 0 Å². The lowest BCUT2D eigenvalue weighted by atomic mass is 10.0. The Hall–Kier alpha value is -3.41. The molecule has 2 atom stereocenters. The predicted molar refractivity (Wildman–Crippen MR) is 108 cm³/mol. The number of imidazole rings is 1. The minimum atomic E-state index is -0.408. The van der Waals surface area contributed by atoms with Crippen molar-refractivity contribution in [1.29, 1.82) is 0 Å². The van der Waals surface area contributed by atoms with Gasteiger partial charge in [-0.1, -0.05) is 48.5 Å². The Balaban J connectivity index is 1.65. The molecule has 2 N–H and O–H groups in total. The highest BCUT2D eigenvalue weighted by Crippen LogP contribution is 2.17. The number of benzene rings is 2. The Morgan fingerprint density at radius 3 is 2.32 bits per heavy atom. The van der Waals surface area contributed by atoms with Crippen LogP contribution in [0.4, 0.5) is 0 Å². The first-order valence-corrected chi connectivity index (χ1v) is 9.28. The number of hydrogen-bond donors (Lipinski definition) is 2. The van der Waals surface area contributed by atoms with Gasteiger partial charge < -0.3 is 15.2 Å². The van der Waals surface area contributed by atoms with Crippen molar-refractivity contribution in [2.75, 3.05) is 0 Å². The van der Waals surface area contributed by atoms with Gasteiger partial charge in [0.25, 0.3) is 5.91 Å². The Morgan fingerprint density at radius 2 is 1.68 bits per heavy atom. The smallest absolute Gasteiger partial charge is 0.251 e. The minimum Gasteiger partial charge on any atom is -0.352 e. The summed E-state index contributed by atoms with van der Waals surface area (Å²) in [5, 5.41) is 5.98. The van der Waals surface area contributed by atoms with Gasteiger partial charge in [0.1, 0.15) is 0 Å². The average molecular weight is 376 g/mol. The van der Waals surface area contributed by atoms with Crippen LogP contribution in [0.25, 0.3) is 0 Å². The second-order valence-corrected chi connectivity index (χ2v) is 6.73. The van der Waals surface area contributed by atoms with E-state index in [0.717, 1.165) is 5.56 Å². The summed E-state index contributed by atoms with van der Waals surface area (Å²) in [4.78, 5) is 29.2. The van der Waals surface area contributed by atoms with Crippen LogP contribution in [-0.2, 0) is 11.3 Å². The van der Waals surface area contributed by atoms with E-state index in [2.05, 4.69) is 15.6 Å². The Morgan fingerprint density at radius 1 is 1.00 bits per heavy atom. The summed E-state index contributed by atoms with van der Waals surface area (Å²) in [6.07, 6.45) is 5.45. The predicted octanol–water partition coefficient (Wildman–Crippen LogP) is 2.95. The maximum absolute atomic E-state index is 12.6. The molecule has 2 amide bonds. The number of nitrogens with zero attached hydrogens (tertiary/aromatic N) is 2. The maximum atomic E-state index is 12.6. The average Bonchev–Trinajstić information content (AvgIpc) is 3.21. The number of amides is 2. The summed E-state index contributed by atoms with van der Waals surface area (Å²) in [5.41, 5.74) is 1.46. The van der Waals surface area contributed by atoms with Gasteiger partial charge in [0, 0.05) is 30.5 Å². The molecule has 0 spiro atoms. The van der Waals surface area contributed by atoms with E-state index in [1.165, 1.54) is 0 Å². The van der Waals surface area contributed by atoms with Gasteiger partial charge in [0.2, 0.25) is 5.91 Å². The first-order chi connectivity index (χ1) is 13.6. The van der Waals surface area contributed by atoms with Gasteiger partial charge in [-0.05, 0) is 24.6 Å². The van der Waals surface area contributed by atoms with E-state index in [1.54, 1.807) is 24.7 Å². The molecule has 0 bridgehead atoms. The fourth-order valence-electron chi connectivity index (χ4n) is 3.04. The molecule has 6 nitrogen and oxygen atoms in total. The van der Waals surface area contributed by atoms with Crippen LogP contribution >= 0.6 is 0 Å². The zero-order chi connectivity index (χ0) is 19.8. The molecule has 0 fully saturated rings. The molecule has 1 aromatic heterocycles. The fraction of sp³-hybridized carbons (Fsp3) is 0.227. The highest BCUT2D eigenvalue weighted by atomic mass is 16.2. The molecule has 0 saturated carbocycles. The summed E-state index contributed by atoms with van der Waals surface area (Å²) in [5.74, 6) is -0.316. The lowest BCUT2D eigenvalue weighted by molar-refractivity contribution is -0.122. The largest absolute Gasteiger partial charge is 0.352 e. The number of aromatic nitrogens is 2. The molecule has 1 heterocycles. The molecule has 28 heavy (non-hydrogen) atoms. The van der Waals surface area contributed by atoms with Gasteiger partial charge in [0.05, 0.1) is 18.8 Å². The van der Waals surface area contributed by atoms with E-state index in [-0.39, 0.29) is 24.3 Å². The zero-order valence-corrected chi connectivity index (χ0v) is 15.8. The number of nitrogens with one attached hydrogen (secondary N) is 2. The van der Waals surface area contributed by atoms with E-state index in [1.807, 2.05) is 66.2 Å². The number of carbonyl (C=O) groups is 2. The topological polar surface area (TPSA) is 76.0 Å². The van der Waals surface area contributed by atoms with Gasteiger partial charge in [-0.15, -0.1) is 0 Å². The summed E-state index contributed by atoms with van der Waals surface area (Å²) in [6.45, 7) is 2.58. The van der Waals surface area contributed by atoms with Crippen LogP contribution in [0.15, 0.2) is 79.4 Å². The normalized spacial score (nSPS) is 12.8. The molecular formula is C22H24N4O2. The van der Waals surface area contributed by atoms with Crippen molar-refractivity contribution in [1.82, 2.24) is 20.2 Å². The molecule has 6 heteroatoms. The molecule has 144 valence electrons. The number of rotatable bonds is 8. The first kappa shape index (κ1) is 19.4. The zero-order valence-electron chi connectivity index (χ0n) is 15.8. The third kappa shape index (κ3) is 5.54. The number of carbonyl (C=O) groups excluding carboxylic acids is 2. The first-order valence-electron chi connectivity index (χ1n) is 9.28. The van der Waals surface area contributed by atoms with E-state index in [4.69, 9.17) is 0 Å². The maximum Gasteiger partial charge on any atom is 0.251 e. The molecule has 0 aliphatic rings. The molecule has 0 aliphatic heterocycles. The van der Waals surface area contributed by atoms with Gasteiger partial charge in [0.15, 0.2) is 0 Å². The lowest BCUT2D eigenvalue weighted by Crippen LogP contribution is -2.38. The van der Waals surface area contributed by atoms with Crippen LogP contribution in [0, 0.1) is 0 Å². The van der Waals surface area contributed by atoms with Crippen molar-refractivity contribution < 1.29 is 9.59 Å². The molecule has 3 rings (SSSR count). The standard InChI is InChI=1S/C22H24N4O2/c1-17(15-26-13-12-23-16-26)24-21(27)14-20(18-8-4-2-5-9-18)25-22(28)19-10-6-3-7-11-19/h2-13,16-17,20H,14-15H2,1H3,(H,24,27)(H,25,28)/t17-,20-/m1/s1. The SMILES string of the molecule is C[C@H](Cn1ccnc1)NC(=O)C[C@@H](NC(=O)c1ccccc1)c1ccccc1. The van der Waals surface area contributed by atoms with Crippen molar-refractivity contribution in [3.8, 4) is 0 Å². The van der Waals surface area contributed by atoms with Crippen molar-refractivity contribution in [3.05, 3.63) is 90.5 Å². The molecule has 0 unspecified atom stereocenters. The summed E-state index contributed by atoms with van der Waals surface area (Å²) in [7, 11) is 0. The van der Waals surface area contributed by atoms with Crippen molar-refractivity contribution in [2.24, 2.45) is 0 Å². The molecule has 0 radical (unpaired) electrons. The lowest BCUT2D eigenvalue weighted by Gasteiger charge is -2.21. The molecule has 3 aromatic rings. The van der Waals surface area contributed by atoms with Crippen LogP contribution in [0.1, 0.15) is 35.3 Å². The van der Waals surface area contributed by atoms with E-state index in [9.17, 15) is 9.59 Å². The fourth-order valence-corrected chi connectivity index (χ4v) is 3.04. The van der Waals surface area contributed by atoms with Gasteiger partial charge >= 0.3 is 0 Å². The second-order valence-electron chi connectivity index (χ2n) is 6.73. The van der Waals surface area contributed by atoms with Crippen LogP contribution in [-0.4, -0.2) is 27.4 Å². The van der Waals surface area contributed by atoms with Crippen molar-refractivity contribution >= 4 is 11.8 Å². The van der Waals surface area contributed by atoms with Gasteiger partial charge in [-0.25, -0.2) is 4.98 Å². The number of hydrogen-bond acceptors (Lipinski definition) is 3. The van der Waals surface area contributed by atoms with Gasteiger partial charge in [-0.2, -0.15) is 0 Å². The minimum absolute atomic E-state index is 0.0528. The summed E-state index contributed by atoms with van der Waals surface area (Å²) in [6, 6.07) is 18.1. The summed E-state index contributed by atoms with van der Waals surface area (Å²) >= 11 is 0. The molecule has 0 aliphatic carbocycles. The monoisotopic (exact) mass is 376 g/mol. The quantitative estimate of drug-likeness (QED) is 0.635. The van der Waals surface area contributed by atoms with Crippen LogP contribution in [0.5, 0.6) is 0 Å². The molecule has 0 saturated heterocycles. The van der Waals surface area contributed by atoms with Crippen molar-refractivity contribution in [2.45, 2.75) is 32.0 Å². The second kappa shape index (κ2) is 9.50. The summed E-state index contributed by atoms with van der Waals surface area (Å²) < 4.78 is 1.91. The third-order valence-electron chi connectivity index (χ3n) is 4.38. The Labute approximate surface area is 164 Å². The van der Waals surface area contributed by atoms with Crippen LogP contribution < -0.4 is 10.6 Å². The van der Waals surface area contributed by atoms with Gasteiger partial charge in [-0.3, -0.25) is 9.59 Å². The van der Waals surface area contributed by atoms with Crippen LogP contribution in [0.2, 0.25) is 0 Å². The van der Waals surface area contributed by atoms with E-state index in [0.29, 0.717) is 12.1 Å². The highest BCUT2D eigenvalue weighted by molar-refractivity contribution is 5.94. The molecular weight excluding hydrogens is 352 g/mol. The van der Waals surface area contributed by atoms with E-state index < -0.39 is 6.04 Å². The Bertz CT molecular complexity index is 879.